The van der Waals surface area contributed by atoms with Crippen LogP contribution in [0.2, 0.25) is 0 Å². The highest BCUT2D eigenvalue weighted by Gasteiger charge is 2.28. The van der Waals surface area contributed by atoms with Gasteiger partial charge in [0.1, 0.15) is 0 Å². The maximum atomic E-state index is 12.3. The highest BCUT2D eigenvalue weighted by Crippen LogP contribution is 2.11. The van der Waals surface area contributed by atoms with Crippen molar-refractivity contribution in [2.24, 2.45) is 0 Å². The summed E-state index contributed by atoms with van der Waals surface area (Å²) in [4.78, 5) is 14.0. The summed E-state index contributed by atoms with van der Waals surface area (Å²) in [7, 11) is -3.16. The summed E-state index contributed by atoms with van der Waals surface area (Å²) in [5.74, 6) is 0.276. The van der Waals surface area contributed by atoms with E-state index in [2.05, 4.69) is 0 Å². The molecule has 1 aromatic rings. The molecule has 0 bridgehead atoms. The molecule has 0 radical (unpaired) electrons. The molecule has 22 heavy (non-hydrogen) atoms. The standard InChI is InChI=1S/C16H24N2O3S/c1-2-3-13-22(20,21)18-11-9-17(10-12-18)16(19)14-15-7-5-4-6-8-15/h4-8H,2-3,9-14H2,1H3. The number of nitrogens with zero attached hydrogens (tertiary/aromatic N) is 2. The molecule has 0 aliphatic carbocycles. The SMILES string of the molecule is CCCCS(=O)(=O)N1CCN(C(=O)Cc2ccccc2)CC1. The van der Waals surface area contributed by atoms with E-state index in [0.29, 0.717) is 39.0 Å². The number of piperazine rings is 1. The Bertz CT molecular complexity index is 579. The molecular weight excluding hydrogens is 300 g/mol. The molecule has 0 aromatic heterocycles. The lowest BCUT2D eigenvalue weighted by atomic mass is 10.1. The van der Waals surface area contributed by atoms with E-state index in [9.17, 15) is 13.2 Å². The molecule has 0 N–H and O–H groups in total. The summed E-state index contributed by atoms with van der Waals surface area (Å²) in [5, 5.41) is 0. The monoisotopic (exact) mass is 324 g/mol. The summed E-state index contributed by atoms with van der Waals surface area (Å²) < 4.78 is 25.8. The normalized spacial score (nSPS) is 16.7. The molecule has 5 nitrogen and oxygen atoms in total. The van der Waals surface area contributed by atoms with Gasteiger partial charge >= 0.3 is 0 Å². The highest BCUT2D eigenvalue weighted by molar-refractivity contribution is 7.89. The Balaban J connectivity index is 1.85. The van der Waals surface area contributed by atoms with Crippen LogP contribution in [0.3, 0.4) is 0 Å². The second-order valence-electron chi connectivity index (χ2n) is 5.61. The number of carbonyl (C=O) groups excluding carboxylic acids is 1. The Kier molecular flexibility index (Phi) is 5.97. The van der Waals surface area contributed by atoms with Gasteiger partial charge in [-0.15, -0.1) is 0 Å². The van der Waals surface area contributed by atoms with Crippen LogP contribution >= 0.6 is 0 Å². The van der Waals surface area contributed by atoms with Crippen LogP contribution in [-0.4, -0.2) is 55.5 Å². The third kappa shape index (κ3) is 4.55. The van der Waals surface area contributed by atoms with Crippen molar-refractivity contribution < 1.29 is 13.2 Å². The first kappa shape index (κ1) is 17.0. The van der Waals surface area contributed by atoms with E-state index in [-0.39, 0.29) is 11.7 Å². The van der Waals surface area contributed by atoms with Gasteiger partial charge in [0.25, 0.3) is 0 Å². The zero-order valence-electron chi connectivity index (χ0n) is 13.1. The molecule has 1 aromatic carbocycles. The lowest BCUT2D eigenvalue weighted by Gasteiger charge is -2.34. The fourth-order valence-corrected chi connectivity index (χ4v) is 4.19. The second-order valence-corrected chi connectivity index (χ2v) is 7.70. The zero-order chi connectivity index (χ0) is 16.0. The van der Waals surface area contributed by atoms with Crippen LogP contribution in [-0.2, 0) is 21.2 Å². The van der Waals surface area contributed by atoms with Crippen molar-refractivity contribution in [2.45, 2.75) is 26.2 Å². The fourth-order valence-electron chi connectivity index (χ4n) is 2.55. The third-order valence-electron chi connectivity index (χ3n) is 3.94. The summed E-state index contributed by atoms with van der Waals surface area (Å²) in [6, 6.07) is 9.63. The summed E-state index contributed by atoms with van der Waals surface area (Å²) in [6.45, 7) is 3.77. The molecule has 0 spiro atoms. The van der Waals surface area contributed by atoms with Gasteiger partial charge in [0.15, 0.2) is 0 Å². The highest BCUT2D eigenvalue weighted by atomic mass is 32.2. The molecule has 122 valence electrons. The topological polar surface area (TPSA) is 57.7 Å². The van der Waals surface area contributed by atoms with E-state index in [1.807, 2.05) is 37.3 Å². The van der Waals surface area contributed by atoms with Gasteiger partial charge in [-0.3, -0.25) is 4.79 Å². The third-order valence-corrected chi connectivity index (χ3v) is 5.90. The molecule has 1 fully saturated rings. The van der Waals surface area contributed by atoms with Gasteiger partial charge in [0, 0.05) is 26.2 Å². The van der Waals surface area contributed by atoms with Gasteiger partial charge in [-0.25, -0.2) is 8.42 Å². The maximum absolute atomic E-state index is 12.3. The Morgan fingerprint density at radius 1 is 1.09 bits per heavy atom. The molecule has 1 amide bonds. The first-order valence-corrected chi connectivity index (χ1v) is 9.43. The first-order valence-electron chi connectivity index (χ1n) is 7.82. The van der Waals surface area contributed by atoms with Crippen LogP contribution in [0.25, 0.3) is 0 Å². The molecular formula is C16H24N2O3S. The van der Waals surface area contributed by atoms with Crippen molar-refractivity contribution in [3.05, 3.63) is 35.9 Å². The number of carbonyl (C=O) groups is 1. The van der Waals surface area contributed by atoms with Gasteiger partial charge < -0.3 is 4.90 Å². The number of rotatable bonds is 6. The largest absolute Gasteiger partial charge is 0.340 e. The van der Waals surface area contributed by atoms with Crippen LogP contribution in [0.15, 0.2) is 30.3 Å². The van der Waals surface area contributed by atoms with Gasteiger partial charge in [-0.2, -0.15) is 4.31 Å². The summed E-state index contributed by atoms with van der Waals surface area (Å²) in [5.41, 5.74) is 0.991. The molecule has 2 rings (SSSR count). The fraction of sp³-hybridized carbons (Fsp3) is 0.562. The second kappa shape index (κ2) is 7.74. The van der Waals surface area contributed by atoms with Crippen LogP contribution < -0.4 is 0 Å². The predicted octanol–water partition coefficient (Wildman–Crippen LogP) is 1.50. The average molecular weight is 324 g/mol. The van der Waals surface area contributed by atoms with Crippen LogP contribution in [0.1, 0.15) is 25.3 Å². The molecule has 6 heteroatoms. The molecule has 0 saturated carbocycles. The van der Waals surface area contributed by atoms with Crippen LogP contribution in [0.5, 0.6) is 0 Å². The lowest BCUT2D eigenvalue weighted by molar-refractivity contribution is -0.131. The van der Waals surface area contributed by atoms with E-state index in [1.165, 1.54) is 4.31 Å². The molecule has 0 atom stereocenters. The minimum absolute atomic E-state index is 0.0665. The van der Waals surface area contributed by atoms with E-state index in [1.54, 1.807) is 4.90 Å². The van der Waals surface area contributed by atoms with E-state index >= 15 is 0 Å². The van der Waals surface area contributed by atoms with Crippen molar-refractivity contribution >= 4 is 15.9 Å². The Hall–Kier alpha value is -1.40. The van der Waals surface area contributed by atoms with Gasteiger partial charge in [-0.1, -0.05) is 43.7 Å². The summed E-state index contributed by atoms with van der Waals surface area (Å²) in [6.07, 6.45) is 1.94. The predicted molar refractivity (Wildman–Crippen MR) is 87.0 cm³/mol. The Labute approximate surface area is 133 Å². The number of benzene rings is 1. The molecule has 1 aliphatic rings. The van der Waals surface area contributed by atoms with E-state index in [4.69, 9.17) is 0 Å². The minimum Gasteiger partial charge on any atom is -0.340 e. The number of unbranched alkanes of at least 4 members (excludes halogenated alkanes) is 1. The van der Waals surface area contributed by atoms with Crippen molar-refractivity contribution in [1.29, 1.82) is 0 Å². The first-order chi connectivity index (χ1) is 10.5. The molecule has 1 aliphatic heterocycles. The van der Waals surface area contributed by atoms with Crippen LogP contribution in [0.4, 0.5) is 0 Å². The molecule has 0 unspecified atom stereocenters. The summed E-state index contributed by atoms with van der Waals surface area (Å²) >= 11 is 0. The number of amides is 1. The van der Waals surface area contributed by atoms with Crippen molar-refractivity contribution in [3.63, 3.8) is 0 Å². The van der Waals surface area contributed by atoms with Crippen molar-refractivity contribution in [2.75, 3.05) is 31.9 Å². The smallest absolute Gasteiger partial charge is 0.227 e. The van der Waals surface area contributed by atoms with E-state index in [0.717, 1.165) is 12.0 Å². The zero-order valence-corrected chi connectivity index (χ0v) is 13.9. The molecule has 1 saturated heterocycles. The van der Waals surface area contributed by atoms with Crippen molar-refractivity contribution in [1.82, 2.24) is 9.21 Å². The van der Waals surface area contributed by atoms with E-state index < -0.39 is 10.0 Å². The van der Waals surface area contributed by atoms with Gasteiger partial charge in [0.2, 0.25) is 15.9 Å². The minimum atomic E-state index is -3.16. The quantitative estimate of drug-likeness (QED) is 0.797. The van der Waals surface area contributed by atoms with Crippen molar-refractivity contribution in [3.8, 4) is 0 Å². The average Bonchev–Trinajstić information content (AvgIpc) is 2.54. The molecule has 1 heterocycles. The number of hydrogen-bond donors (Lipinski definition) is 0. The Morgan fingerprint density at radius 3 is 2.32 bits per heavy atom. The number of hydrogen-bond acceptors (Lipinski definition) is 3. The Morgan fingerprint density at radius 2 is 1.73 bits per heavy atom. The van der Waals surface area contributed by atoms with Gasteiger partial charge in [-0.05, 0) is 12.0 Å². The lowest BCUT2D eigenvalue weighted by Crippen LogP contribution is -2.51. The maximum Gasteiger partial charge on any atom is 0.227 e. The van der Waals surface area contributed by atoms with Gasteiger partial charge in [0.05, 0.1) is 12.2 Å². The number of sulfonamides is 1. The van der Waals surface area contributed by atoms with Crippen LogP contribution in [0, 0.1) is 0 Å².